The van der Waals surface area contributed by atoms with Gasteiger partial charge in [-0.1, -0.05) is 5.16 Å². The molecule has 0 N–H and O–H groups in total. The van der Waals surface area contributed by atoms with Gasteiger partial charge in [0, 0.05) is 10.9 Å². The molecule has 0 radical (unpaired) electrons. The van der Waals surface area contributed by atoms with Gasteiger partial charge in [0.25, 0.3) is 0 Å². The van der Waals surface area contributed by atoms with E-state index in [0.717, 1.165) is 11.8 Å². The van der Waals surface area contributed by atoms with Crippen molar-refractivity contribution in [2.75, 3.05) is 0 Å². The molecule has 132 valence electrons. The van der Waals surface area contributed by atoms with Crippen molar-refractivity contribution in [2.24, 2.45) is 0 Å². The van der Waals surface area contributed by atoms with E-state index in [0.29, 0.717) is 0 Å². The molecular weight excluding hydrogens is 355 g/mol. The van der Waals surface area contributed by atoms with Crippen molar-refractivity contribution >= 4 is 11.3 Å². The van der Waals surface area contributed by atoms with Crippen LogP contribution in [0, 0.1) is 0 Å². The molecule has 0 saturated heterocycles. The normalized spacial score (nSPS) is 11.9. The molecule has 0 spiro atoms. The van der Waals surface area contributed by atoms with Gasteiger partial charge in [-0.2, -0.15) is 18.2 Å². The van der Waals surface area contributed by atoms with Crippen molar-refractivity contribution in [3.63, 3.8) is 0 Å². The van der Waals surface area contributed by atoms with Crippen LogP contribution in [0.25, 0.3) is 11.4 Å². The zero-order chi connectivity index (χ0) is 18.0. The number of thiazole rings is 1. The van der Waals surface area contributed by atoms with Crippen LogP contribution in [0.3, 0.4) is 0 Å². The van der Waals surface area contributed by atoms with Gasteiger partial charge < -0.3 is 9.26 Å². The molecule has 25 heavy (non-hydrogen) atoms. The van der Waals surface area contributed by atoms with Gasteiger partial charge in [-0.15, -0.1) is 11.3 Å². The summed E-state index contributed by atoms with van der Waals surface area (Å²) in [6, 6.07) is 3.70. The van der Waals surface area contributed by atoms with Crippen molar-refractivity contribution in [1.82, 2.24) is 15.1 Å². The summed E-state index contributed by atoms with van der Waals surface area (Å²) in [4.78, 5) is 8.15. The van der Waals surface area contributed by atoms with Crippen molar-refractivity contribution < 1.29 is 22.4 Å². The average molecular weight is 369 g/mol. The molecule has 3 rings (SSSR count). The number of hydrogen-bond acceptors (Lipinski definition) is 6. The van der Waals surface area contributed by atoms with E-state index in [9.17, 15) is 13.2 Å². The van der Waals surface area contributed by atoms with E-state index >= 15 is 0 Å². The minimum Gasteiger partial charge on any atom is -0.491 e. The topological polar surface area (TPSA) is 61.0 Å². The Morgan fingerprint density at radius 1 is 1.28 bits per heavy atom. The van der Waals surface area contributed by atoms with Crippen LogP contribution in [0.2, 0.25) is 0 Å². The quantitative estimate of drug-likeness (QED) is 0.658. The molecule has 0 unspecified atom stereocenters. The van der Waals surface area contributed by atoms with Gasteiger partial charge in [0.1, 0.15) is 5.75 Å². The van der Waals surface area contributed by atoms with E-state index in [1.807, 2.05) is 5.38 Å². The number of aromatic nitrogens is 3. The summed E-state index contributed by atoms with van der Waals surface area (Å²) in [7, 11) is 0. The highest BCUT2D eigenvalue weighted by atomic mass is 32.1. The van der Waals surface area contributed by atoms with E-state index in [4.69, 9.17) is 9.26 Å². The Morgan fingerprint density at radius 3 is 2.72 bits per heavy atom. The Hall–Kier alpha value is -2.42. The standard InChI is InChI=1S/C16H14F3N3O2S/c1-9(2)23-11-3-4-12(13(6-11)16(17,18)19)15-21-14(24-22-15)5-10-7-25-8-20-10/h3-4,6-9H,5H2,1-2H3. The smallest absolute Gasteiger partial charge is 0.417 e. The first-order valence-corrected chi connectivity index (χ1v) is 8.35. The molecular formula is C16H14F3N3O2S. The Labute approximate surface area is 145 Å². The van der Waals surface area contributed by atoms with Crippen molar-refractivity contribution in [2.45, 2.75) is 32.5 Å². The molecule has 2 heterocycles. The predicted octanol–water partition coefficient (Wildman–Crippen LogP) is 4.59. The zero-order valence-corrected chi connectivity index (χ0v) is 14.2. The number of halogens is 3. The molecule has 5 nitrogen and oxygen atoms in total. The van der Waals surface area contributed by atoms with Crippen LogP contribution >= 0.6 is 11.3 Å². The lowest BCUT2D eigenvalue weighted by Gasteiger charge is -2.15. The van der Waals surface area contributed by atoms with E-state index in [2.05, 4.69) is 15.1 Å². The molecule has 0 amide bonds. The van der Waals surface area contributed by atoms with Gasteiger partial charge in [0.15, 0.2) is 0 Å². The maximum atomic E-state index is 13.4. The highest BCUT2D eigenvalue weighted by Crippen LogP contribution is 2.38. The number of alkyl halides is 3. The Morgan fingerprint density at radius 2 is 2.08 bits per heavy atom. The van der Waals surface area contributed by atoms with Crippen molar-refractivity contribution in [1.29, 1.82) is 0 Å². The number of hydrogen-bond donors (Lipinski definition) is 0. The predicted molar refractivity (Wildman–Crippen MR) is 85.4 cm³/mol. The second-order valence-corrected chi connectivity index (χ2v) is 6.26. The fourth-order valence-corrected chi connectivity index (χ4v) is 2.77. The van der Waals surface area contributed by atoms with Crippen LogP contribution in [-0.2, 0) is 12.6 Å². The largest absolute Gasteiger partial charge is 0.491 e. The molecule has 2 aromatic heterocycles. The lowest BCUT2D eigenvalue weighted by atomic mass is 10.1. The molecule has 0 bridgehead atoms. The third-order valence-corrected chi connectivity index (χ3v) is 3.83. The van der Waals surface area contributed by atoms with Crippen LogP contribution in [-0.4, -0.2) is 21.2 Å². The van der Waals surface area contributed by atoms with Gasteiger partial charge in [0.2, 0.25) is 11.7 Å². The molecule has 1 aromatic carbocycles. The first kappa shape index (κ1) is 17.4. The molecule has 3 aromatic rings. The number of benzene rings is 1. The van der Waals surface area contributed by atoms with Gasteiger partial charge in [-0.05, 0) is 32.0 Å². The van der Waals surface area contributed by atoms with Crippen LogP contribution in [0.5, 0.6) is 5.75 Å². The molecule has 0 saturated carbocycles. The van der Waals surface area contributed by atoms with Crippen LogP contribution in [0.15, 0.2) is 33.6 Å². The number of rotatable bonds is 5. The highest BCUT2D eigenvalue weighted by molar-refractivity contribution is 7.07. The average Bonchev–Trinajstić information content (AvgIpc) is 3.18. The third kappa shape index (κ3) is 4.16. The zero-order valence-electron chi connectivity index (χ0n) is 13.4. The monoisotopic (exact) mass is 369 g/mol. The maximum Gasteiger partial charge on any atom is 0.417 e. The summed E-state index contributed by atoms with van der Waals surface area (Å²) in [5, 5.41) is 5.49. The molecule has 0 atom stereocenters. The first-order valence-electron chi connectivity index (χ1n) is 7.41. The lowest BCUT2D eigenvalue weighted by Crippen LogP contribution is -2.10. The SMILES string of the molecule is CC(C)Oc1ccc(-c2noc(Cc3cscn3)n2)c(C(F)(F)F)c1. The van der Waals surface area contributed by atoms with Crippen molar-refractivity contribution in [3.05, 3.63) is 46.2 Å². The summed E-state index contributed by atoms with van der Waals surface area (Å²) < 4.78 is 50.6. The van der Waals surface area contributed by atoms with Gasteiger partial charge in [0.05, 0.1) is 29.3 Å². The number of nitrogens with zero attached hydrogens (tertiary/aromatic N) is 3. The summed E-state index contributed by atoms with van der Waals surface area (Å²) in [6.45, 7) is 3.48. The molecule has 0 aliphatic heterocycles. The van der Waals surface area contributed by atoms with E-state index in [1.54, 1.807) is 19.4 Å². The van der Waals surface area contributed by atoms with Crippen molar-refractivity contribution in [3.8, 4) is 17.1 Å². The first-order chi connectivity index (χ1) is 11.8. The van der Waals surface area contributed by atoms with Crippen LogP contribution < -0.4 is 4.74 Å². The third-order valence-electron chi connectivity index (χ3n) is 3.19. The van der Waals surface area contributed by atoms with Gasteiger partial charge >= 0.3 is 6.18 Å². The molecule has 0 fully saturated rings. The summed E-state index contributed by atoms with van der Waals surface area (Å²) in [5.74, 6) is 0.224. The second-order valence-electron chi connectivity index (χ2n) is 5.54. The summed E-state index contributed by atoms with van der Waals surface area (Å²) in [5.41, 5.74) is 1.35. The lowest BCUT2D eigenvalue weighted by molar-refractivity contribution is -0.137. The minimum atomic E-state index is -4.57. The van der Waals surface area contributed by atoms with Crippen LogP contribution in [0.4, 0.5) is 13.2 Å². The van der Waals surface area contributed by atoms with Gasteiger partial charge in [-0.3, -0.25) is 0 Å². The van der Waals surface area contributed by atoms with Crippen LogP contribution in [0.1, 0.15) is 31.0 Å². The summed E-state index contributed by atoms with van der Waals surface area (Å²) >= 11 is 1.41. The number of ether oxygens (including phenoxy) is 1. The van der Waals surface area contributed by atoms with E-state index in [1.165, 1.54) is 23.5 Å². The second kappa shape index (κ2) is 6.83. The Kier molecular flexibility index (Phi) is 4.76. The highest BCUT2D eigenvalue weighted by Gasteiger charge is 2.35. The summed E-state index contributed by atoms with van der Waals surface area (Å²) in [6.07, 6.45) is -4.53. The Balaban J connectivity index is 1.94. The Bertz CT molecular complexity index is 845. The molecule has 0 aliphatic rings. The fourth-order valence-electron chi connectivity index (χ4n) is 2.21. The van der Waals surface area contributed by atoms with E-state index in [-0.39, 0.29) is 35.6 Å². The van der Waals surface area contributed by atoms with Gasteiger partial charge in [-0.25, -0.2) is 4.98 Å². The van der Waals surface area contributed by atoms with E-state index < -0.39 is 11.7 Å². The fraction of sp³-hybridized carbons (Fsp3) is 0.312. The maximum absolute atomic E-state index is 13.4. The molecule has 0 aliphatic carbocycles. The minimum absolute atomic E-state index is 0.117. The molecule has 9 heteroatoms.